The van der Waals surface area contributed by atoms with Crippen molar-refractivity contribution in [2.75, 3.05) is 19.0 Å². The first-order valence-electron chi connectivity index (χ1n) is 7.11. The number of rotatable bonds is 6. The number of benzene rings is 2. The van der Waals surface area contributed by atoms with Crippen molar-refractivity contribution in [2.45, 2.75) is 6.42 Å². The minimum atomic E-state index is -0.663. The zero-order valence-electron chi connectivity index (χ0n) is 13.1. The van der Waals surface area contributed by atoms with Crippen LogP contribution in [0.15, 0.2) is 36.4 Å². The van der Waals surface area contributed by atoms with E-state index in [0.29, 0.717) is 21.3 Å². The minimum Gasteiger partial charge on any atom is -0.494 e. The summed E-state index contributed by atoms with van der Waals surface area (Å²) >= 11 is 11.7. The van der Waals surface area contributed by atoms with Gasteiger partial charge in [0.05, 0.1) is 13.5 Å². The smallest absolute Gasteiger partial charge is 0.310 e. The summed E-state index contributed by atoms with van der Waals surface area (Å²) in [5.74, 6) is -1.71. The van der Waals surface area contributed by atoms with Gasteiger partial charge in [-0.3, -0.25) is 9.59 Å². The number of hydrogen-bond donors (Lipinski definition) is 1. The van der Waals surface area contributed by atoms with Crippen molar-refractivity contribution in [3.8, 4) is 5.75 Å². The molecular weight excluding hydrogens is 372 g/mol. The SMILES string of the molecule is COc1ccc(CC(=O)OCC(=O)Nc2cc(Cl)cc(Cl)c2)cc1F. The third-order valence-corrected chi connectivity index (χ3v) is 3.51. The van der Waals surface area contributed by atoms with Gasteiger partial charge in [-0.25, -0.2) is 4.39 Å². The van der Waals surface area contributed by atoms with Crippen molar-refractivity contribution in [1.29, 1.82) is 0 Å². The number of nitrogens with one attached hydrogen (secondary N) is 1. The Labute approximate surface area is 153 Å². The molecule has 2 aromatic carbocycles. The fourth-order valence-corrected chi connectivity index (χ4v) is 2.53. The molecule has 0 aliphatic rings. The molecule has 0 fully saturated rings. The number of amides is 1. The molecule has 0 aliphatic carbocycles. The Morgan fingerprint density at radius 2 is 1.80 bits per heavy atom. The highest BCUT2D eigenvalue weighted by atomic mass is 35.5. The Morgan fingerprint density at radius 3 is 2.40 bits per heavy atom. The molecule has 25 heavy (non-hydrogen) atoms. The normalized spacial score (nSPS) is 10.2. The molecule has 2 aromatic rings. The lowest BCUT2D eigenvalue weighted by molar-refractivity contribution is -0.146. The van der Waals surface area contributed by atoms with Crippen LogP contribution in [-0.4, -0.2) is 25.6 Å². The number of ether oxygens (including phenoxy) is 2. The Morgan fingerprint density at radius 1 is 1.12 bits per heavy atom. The van der Waals surface area contributed by atoms with Gasteiger partial charge in [0.2, 0.25) is 0 Å². The molecule has 0 saturated heterocycles. The van der Waals surface area contributed by atoms with Gasteiger partial charge in [-0.2, -0.15) is 0 Å². The van der Waals surface area contributed by atoms with E-state index in [0.717, 1.165) is 0 Å². The largest absolute Gasteiger partial charge is 0.494 e. The van der Waals surface area contributed by atoms with E-state index in [1.807, 2.05) is 0 Å². The average Bonchev–Trinajstić information content (AvgIpc) is 2.52. The van der Waals surface area contributed by atoms with E-state index in [1.165, 1.54) is 43.5 Å². The van der Waals surface area contributed by atoms with Crippen LogP contribution in [-0.2, 0) is 20.7 Å². The van der Waals surface area contributed by atoms with E-state index >= 15 is 0 Å². The highest BCUT2D eigenvalue weighted by Crippen LogP contribution is 2.22. The first-order valence-corrected chi connectivity index (χ1v) is 7.87. The van der Waals surface area contributed by atoms with Gasteiger partial charge in [-0.1, -0.05) is 29.3 Å². The summed E-state index contributed by atoms with van der Waals surface area (Å²) in [6.07, 6.45) is -0.169. The van der Waals surface area contributed by atoms with Gasteiger partial charge in [0, 0.05) is 15.7 Å². The maximum absolute atomic E-state index is 13.6. The number of carbonyl (C=O) groups excluding carboxylic acids is 2. The van der Waals surface area contributed by atoms with Crippen LogP contribution in [0, 0.1) is 5.82 Å². The zero-order chi connectivity index (χ0) is 18.4. The minimum absolute atomic E-state index is 0.0803. The Kier molecular flexibility index (Phi) is 6.61. The molecule has 0 heterocycles. The summed E-state index contributed by atoms with van der Waals surface area (Å²) in [5, 5.41) is 3.23. The monoisotopic (exact) mass is 385 g/mol. The highest BCUT2D eigenvalue weighted by molar-refractivity contribution is 6.35. The maximum atomic E-state index is 13.6. The average molecular weight is 386 g/mol. The highest BCUT2D eigenvalue weighted by Gasteiger charge is 2.11. The predicted octanol–water partition coefficient (Wildman–Crippen LogP) is 3.87. The van der Waals surface area contributed by atoms with Gasteiger partial charge in [-0.15, -0.1) is 0 Å². The summed E-state index contributed by atoms with van der Waals surface area (Å²) < 4.78 is 23.2. The number of anilines is 1. The third kappa shape index (κ3) is 5.92. The number of carbonyl (C=O) groups is 2. The summed E-state index contributed by atoms with van der Waals surface area (Å²) in [5.41, 5.74) is 0.793. The number of methoxy groups -OCH3 is 1. The molecular formula is C17H14Cl2FNO4. The van der Waals surface area contributed by atoms with E-state index in [4.69, 9.17) is 32.7 Å². The summed E-state index contributed by atoms with van der Waals surface area (Å²) in [7, 11) is 1.35. The lowest BCUT2D eigenvalue weighted by Crippen LogP contribution is -2.21. The fourth-order valence-electron chi connectivity index (χ4n) is 2.01. The molecule has 0 atom stereocenters. The van der Waals surface area contributed by atoms with Crippen molar-refractivity contribution >= 4 is 40.8 Å². The molecule has 0 radical (unpaired) electrons. The van der Waals surface area contributed by atoms with Crippen LogP contribution in [0.25, 0.3) is 0 Å². The Bertz CT molecular complexity index is 778. The molecule has 0 unspecified atom stereocenters. The second kappa shape index (κ2) is 8.69. The lowest BCUT2D eigenvalue weighted by Gasteiger charge is -2.08. The molecule has 5 nitrogen and oxygen atoms in total. The first kappa shape index (κ1) is 19.0. The fraction of sp³-hybridized carbons (Fsp3) is 0.176. The molecule has 132 valence electrons. The number of halogens is 3. The Balaban J connectivity index is 1.84. The van der Waals surface area contributed by atoms with Crippen LogP contribution in [0.5, 0.6) is 5.75 Å². The van der Waals surface area contributed by atoms with E-state index in [2.05, 4.69) is 5.32 Å². The second-order valence-electron chi connectivity index (χ2n) is 5.01. The van der Waals surface area contributed by atoms with Gasteiger partial charge in [0.15, 0.2) is 18.2 Å². The van der Waals surface area contributed by atoms with Gasteiger partial charge in [0.1, 0.15) is 0 Å². The van der Waals surface area contributed by atoms with E-state index in [-0.39, 0.29) is 12.2 Å². The van der Waals surface area contributed by atoms with E-state index in [1.54, 1.807) is 0 Å². The van der Waals surface area contributed by atoms with Crippen molar-refractivity contribution < 1.29 is 23.5 Å². The van der Waals surface area contributed by atoms with Gasteiger partial charge < -0.3 is 14.8 Å². The zero-order valence-corrected chi connectivity index (χ0v) is 14.7. The molecule has 1 N–H and O–H groups in total. The van der Waals surface area contributed by atoms with Crippen LogP contribution in [0.1, 0.15) is 5.56 Å². The van der Waals surface area contributed by atoms with Crippen molar-refractivity contribution in [3.05, 3.63) is 57.8 Å². The van der Waals surface area contributed by atoms with Gasteiger partial charge >= 0.3 is 5.97 Å². The van der Waals surface area contributed by atoms with E-state index < -0.39 is 24.3 Å². The summed E-state index contributed by atoms with van der Waals surface area (Å²) in [6, 6.07) is 8.66. The van der Waals surface area contributed by atoms with Crippen molar-refractivity contribution in [1.82, 2.24) is 0 Å². The standard InChI is InChI=1S/C17H14Cl2FNO4/c1-24-15-3-2-10(4-14(15)20)5-17(23)25-9-16(22)21-13-7-11(18)6-12(19)8-13/h2-4,6-8H,5,9H2,1H3,(H,21,22). The van der Waals surface area contributed by atoms with Crippen LogP contribution in [0.4, 0.5) is 10.1 Å². The predicted molar refractivity (Wildman–Crippen MR) is 92.7 cm³/mol. The molecule has 2 rings (SSSR count). The van der Waals surface area contributed by atoms with E-state index in [9.17, 15) is 14.0 Å². The molecule has 0 spiro atoms. The molecule has 0 saturated carbocycles. The van der Waals surface area contributed by atoms with Crippen LogP contribution < -0.4 is 10.1 Å². The van der Waals surface area contributed by atoms with Crippen molar-refractivity contribution in [3.63, 3.8) is 0 Å². The second-order valence-corrected chi connectivity index (χ2v) is 5.89. The summed E-state index contributed by atoms with van der Waals surface area (Å²) in [4.78, 5) is 23.5. The molecule has 0 bridgehead atoms. The molecule has 1 amide bonds. The third-order valence-electron chi connectivity index (χ3n) is 3.08. The first-order chi connectivity index (χ1) is 11.9. The molecule has 8 heteroatoms. The number of hydrogen-bond acceptors (Lipinski definition) is 4. The quantitative estimate of drug-likeness (QED) is 0.766. The molecule has 0 aromatic heterocycles. The van der Waals surface area contributed by atoms with Gasteiger partial charge in [0.25, 0.3) is 5.91 Å². The summed E-state index contributed by atoms with van der Waals surface area (Å²) in [6.45, 7) is -0.485. The van der Waals surface area contributed by atoms with Crippen LogP contribution >= 0.6 is 23.2 Å². The Hall–Kier alpha value is -2.31. The lowest BCUT2D eigenvalue weighted by atomic mass is 10.1. The number of esters is 1. The topological polar surface area (TPSA) is 64.6 Å². The van der Waals surface area contributed by atoms with Crippen LogP contribution in [0.3, 0.4) is 0 Å². The van der Waals surface area contributed by atoms with Crippen molar-refractivity contribution in [2.24, 2.45) is 0 Å². The molecule has 0 aliphatic heterocycles. The van der Waals surface area contributed by atoms with Gasteiger partial charge in [-0.05, 0) is 35.9 Å². The maximum Gasteiger partial charge on any atom is 0.310 e. The van der Waals surface area contributed by atoms with Crippen LogP contribution in [0.2, 0.25) is 10.0 Å².